The Morgan fingerprint density at radius 1 is 0.348 bits per heavy atom. The van der Waals surface area contributed by atoms with Crippen LogP contribution in [-0.2, 0) is 0 Å². The third kappa shape index (κ3) is 5.18. The van der Waals surface area contributed by atoms with Gasteiger partial charge in [-0.25, -0.2) is 15.0 Å². The Morgan fingerprint density at radius 3 is 1.41 bits per heavy atom. The molecule has 0 saturated carbocycles. The molecule has 5 nitrogen and oxygen atoms in total. The van der Waals surface area contributed by atoms with E-state index in [9.17, 15) is 0 Å². The first-order valence-corrected chi connectivity index (χ1v) is 15.3. The molecule has 0 fully saturated rings. The molecule has 5 heteroatoms. The average Bonchev–Trinajstić information content (AvgIpc) is 3.12. The van der Waals surface area contributed by atoms with Crippen LogP contribution in [0.25, 0.3) is 78.2 Å². The zero-order valence-corrected chi connectivity index (χ0v) is 25.5. The van der Waals surface area contributed by atoms with Gasteiger partial charge < -0.3 is 0 Å². The smallest absolute Gasteiger partial charge is 0.164 e. The van der Waals surface area contributed by atoms with Gasteiger partial charge in [0.05, 0.1) is 11.0 Å². The summed E-state index contributed by atoms with van der Waals surface area (Å²) in [5, 5.41) is 2.17. The molecular weight excluding hydrogens is 562 g/mol. The second-order valence-electron chi connectivity index (χ2n) is 11.5. The first-order valence-electron chi connectivity index (χ1n) is 15.3. The van der Waals surface area contributed by atoms with Crippen LogP contribution in [0.4, 0.5) is 0 Å². The Bertz CT molecular complexity index is 2350. The minimum absolute atomic E-state index is 0.629. The number of aryl methyl sites for hydroxylation is 2. The number of pyridine rings is 2. The maximum Gasteiger partial charge on any atom is 0.164 e. The van der Waals surface area contributed by atoms with Gasteiger partial charge in [0, 0.05) is 38.9 Å². The van der Waals surface area contributed by atoms with Crippen molar-refractivity contribution < 1.29 is 0 Å². The molecule has 0 aliphatic rings. The summed E-state index contributed by atoms with van der Waals surface area (Å²) >= 11 is 0. The number of aromatic nitrogens is 5. The topological polar surface area (TPSA) is 64.5 Å². The van der Waals surface area contributed by atoms with Crippen LogP contribution in [-0.4, -0.2) is 24.9 Å². The lowest BCUT2D eigenvalue weighted by molar-refractivity contribution is 1.07. The third-order valence-electron chi connectivity index (χ3n) is 8.28. The fourth-order valence-electron chi connectivity index (χ4n) is 5.93. The first-order chi connectivity index (χ1) is 22.6. The van der Waals surface area contributed by atoms with Gasteiger partial charge in [0.2, 0.25) is 0 Å². The molecule has 5 aromatic carbocycles. The number of hydrogen-bond acceptors (Lipinski definition) is 5. The molecule has 0 aliphatic heterocycles. The van der Waals surface area contributed by atoms with E-state index in [2.05, 4.69) is 97.1 Å². The Morgan fingerprint density at radius 2 is 0.804 bits per heavy atom. The highest BCUT2D eigenvalue weighted by molar-refractivity contribution is 6.08. The predicted molar refractivity (Wildman–Crippen MR) is 187 cm³/mol. The fraction of sp³-hybridized carbons (Fsp3) is 0.0488. The van der Waals surface area contributed by atoms with Crippen molar-refractivity contribution in [2.24, 2.45) is 0 Å². The minimum Gasteiger partial charge on any atom is -0.251 e. The maximum atomic E-state index is 4.97. The Kier molecular flexibility index (Phi) is 6.84. The molecule has 0 saturated heterocycles. The summed E-state index contributed by atoms with van der Waals surface area (Å²) < 4.78 is 0. The molecule has 0 amide bonds. The van der Waals surface area contributed by atoms with Crippen LogP contribution in [0.3, 0.4) is 0 Å². The highest BCUT2D eigenvalue weighted by Crippen LogP contribution is 2.34. The average molecular weight is 592 g/mol. The van der Waals surface area contributed by atoms with E-state index in [1.54, 1.807) is 0 Å². The second kappa shape index (κ2) is 11.5. The van der Waals surface area contributed by atoms with Gasteiger partial charge in [-0.3, -0.25) is 9.97 Å². The SMILES string of the molecule is Cc1ccc2ccc3c(-c4ccc(-c5nc(-c6ccccc6)nc(-c6ccc(-c7ccccc7)cc6)n5)cc4)cc(C)nc3c2n1. The van der Waals surface area contributed by atoms with E-state index >= 15 is 0 Å². The van der Waals surface area contributed by atoms with E-state index in [0.717, 1.165) is 66.6 Å². The van der Waals surface area contributed by atoms with Crippen LogP contribution in [0, 0.1) is 13.8 Å². The highest BCUT2D eigenvalue weighted by Gasteiger charge is 2.15. The molecule has 0 N–H and O–H groups in total. The van der Waals surface area contributed by atoms with Crippen LogP contribution in [0.1, 0.15) is 11.4 Å². The Balaban J connectivity index is 1.21. The third-order valence-corrected chi connectivity index (χ3v) is 8.28. The van der Waals surface area contributed by atoms with Crippen molar-refractivity contribution in [2.75, 3.05) is 0 Å². The quantitative estimate of drug-likeness (QED) is 0.186. The van der Waals surface area contributed by atoms with Crippen LogP contribution in [0.2, 0.25) is 0 Å². The number of fused-ring (bicyclic) bond motifs is 3. The summed E-state index contributed by atoms with van der Waals surface area (Å²) in [6.45, 7) is 4.05. The van der Waals surface area contributed by atoms with Crippen molar-refractivity contribution >= 4 is 21.8 Å². The Hall–Kier alpha value is -6.07. The van der Waals surface area contributed by atoms with Crippen molar-refractivity contribution in [1.82, 2.24) is 24.9 Å². The molecule has 3 aromatic heterocycles. The number of hydrogen-bond donors (Lipinski definition) is 0. The van der Waals surface area contributed by atoms with Gasteiger partial charge in [0.25, 0.3) is 0 Å². The normalized spacial score (nSPS) is 11.3. The molecule has 8 rings (SSSR count). The monoisotopic (exact) mass is 591 g/mol. The fourth-order valence-corrected chi connectivity index (χ4v) is 5.93. The van der Waals surface area contributed by atoms with Crippen LogP contribution < -0.4 is 0 Å². The van der Waals surface area contributed by atoms with Gasteiger partial charge >= 0.3 is 0 Å². The van der Waals surface area contributed by atoms with Crippen molar-refractivity contribution in [3.8, 4) is 56.4 Å². The molecule has 0 radical (unpaired) electrons. The summed E-state index contributed by atoms with van der Waals surface area (Å²) in [6.07, 6.45) is 0. The van der Waals surface area contributed by atoms with E-state index in [1.807, 2.05) is 56.3 Å². The van der Waals surface area contributed by atoms with Gasteiger partial charge in [0.15, 0.2) is 17.5 Å². The van der Waals surface area contributed by atoms with Crippen LogP contribution in [0.5, 0.6) is 0 Å². The molecule has 46 heavy (non-hydrogen) atoms. The largest absolute Gasteiger partial charge is 0.251 e. The van der Waals surface area contributed by atoms with Gasteiger partial charge in [-0.1, -0.05) is 127 Å². The number of benzene rings is 5. The number of nitrogens with zero attached hydrogens (tertiary/aromatic N) is 5. The molecule has 3 heterocycles. The van der Waals surface area contributed by atoms with Crippen molar-refractivity contribution in [2.45, 2.75) is 13.8 Å². The lowest BCUT2D eigenvalue weighted by Gasteiger charge is -2.12. The molecule has 8 aromatic rings. The zero-order valence-electron chi connectivity index (χ0n) is 25.5. The van der Waals surface area contributed by atoms with Gasteiger partial charge in [-0.15, -0.1) is 0 Å². The zero-order chi connectivity index (χ0) is 31.0. The van der Waals surface area contributed by atoms with Crippen molar-refractivity contribution in [3.63, 3.8) is 0 Å². The van der Waals surface area contributed by atoms with E-state index in [1.165, 1.54) is 5.56 Å². The standard InChI is InChI=1S/C41H29N5/c1-26-13-14-31-23-24-35-36(25-27(2)43-38(35)37(31)42-26)30-17-21-34(22-18-30)41-45-39(32-11-7-4-8-12-32)44-40(46-41)33-19-15-29(16-20-33)28-9-5-3-6-10-28/h3-25H,1-2H3. The molecule has 218 valence electrons. The lowest BCUT2D eigenvalue weighted by atomic mass is 9.97. The first kappa shape index (κ1) is 27.5. The minimum atomic E-state index is 0.629. The molecule has 0 atom stereocenters. The lowest BCUT2D eigenvalue weighted by Crippen LogP contribution is -2.00. The molecule has 0 spiro atoms. The number of rotatable bonds is 5. The van der Waals surface area contributed by atoms with Crippen molar-refractivity contribution in [3.05, 3.63) is 151 Å². The van der Waals surface area contributed by atoms with E-state index in [-0.39, 0.29) is 0 Å². The van der Waals surface area contributed by atoms with E-state index in [0.29, 0.717) is 17.5 Å². The predicted octanol–water partition coefficient (Wildman–Crippen LogP) is 9.92. The van der Waals surface area contributed by atoms with Gasteiger partial charge in [-0.05, 0) is 48.2 Å². The molecule has 0 aliphatic carbocycles. The van der Waals surface area contributed by atoms with E-state index in [4.69, 9.17) is 24.9 Å². The molecular formula is C41H29N5. The van der Waals surface area contributed by atoms with Gasteiger partial charge in [-0.2, -0.15) is 0 Å². The highest BCUT2D eigenvalue weighted by atomic mass is 15.0. The summed E-state index contributed by atoms with van der Waals surface area (Å²) in [5.74, 6) is 1.91. The summed E-state index contributed by atoms with van der Waals surface area (Å²) in [6, 6.07) is 47.8. The van der Waals surface area contributed by atoms with Crippen molar-refractivity contribution in [1.29, 1.82) is 0 Å². The second-order valence-corrected chi connectivity index (χ2v) is 11.5. The maximum absolute atomic E-state index is 4.97. The summed E-state index contributed by atoms with van der Waals surface area (Å²) in [7, 11) is 0. The Labute approximate surface area is 267 Å². The summed E-state index contributed by atoms with van der Waals surface area (Å²) in [5.41, 5.74) is 11.1. The van der Waals surface area contributed by atoms with Crippen LogP contribution in [0.15, 0.2) is 140 Å². The van der Waals surface area contributed by atoms with Gasteiger partial charge in [0.1, 0.15) is 0 Å². The molecule has 0 unspecified atom stereocenters. The van der Waals surface area contributed by atoms with Crippen LogP contribution >= 0.6 is 0 Å². The molecule has 0 bridgehead atoms. The summed E-state index contributed by atoms with van der Waals surface area (Å²) in [4.78, 5) is 24.6. The van der Waals surface area contributed by atoms with E-state index < -0.39 is 0 Å².